The zero-order chi connectivity index (χ0) is 22.1. The van der Waals surface area contributed by atoms with Crippen LogP contribution in [0.25, 0.3) is 0 Å². The van der Waals surface area contributed by atoms with E-state index >= 15 is 0 Å². The zero-order valence-corrected chi connectivity index (χ0v) is 17.9. The molecule has 0 amide bonds. The molecule has 2 unspecified atom stereocenters. The van der Waals surface area contributed by atoms with Crippen LogP contribution in [0.3, 0.4) is 0 Å². The summed E-state index contributed by atoms with van der Waals surface area (Å²) >= 11 is 0. The van der Waals surface area contributed by atoms with Gasteiger partial charge in [0.2, 0.25) is 0 Å². The number of nitro groups is 1. The van der Waals surface area contributed by atoms with Crippen LogP contribution >= 0.6 is 0 Å². The van der Waals surface area contributed by atoms with E-state index in [4.69, 9.17) is 0 Å². The molecule has 164 valence electrons. The van der Waals surface area contributed by atoms with E-state index in [0.29, 0.717) is 6.54 Å². The van der Waals surface area contributed by atoms with E-state index in [1.807, 2.05) is 27.7 Å². The van der Waals surface area contributed by atoms with E-state index in [0.717, 1.165) is 25.8 Å². The molecule has 29 heavy (non-hydrogen) atoms. The van der Waals surface area contributed by atoms with Crippen LogP contribution < -0.4 is 10.6 Å². The Morgan fingerprint density at radius 3 is 2.21 bits per heavy atom. The van der Waals surface area contributed by atoms with Crippen molar-refractivity contribution < 1.29 is 4.92 Å². The fraction of sp³-hybridized carbons (Fsp3) is 0.833. The molecule has 0 saturated heterocycles. The normalized spacial score (nSPS) is 14.4. The number of hydrogen-bond donors (Lipinski definition) is 2. The molecule has 0 fully saturated rings. The van der Waals surface area contributed by atoms with Crippen molar-refractivity contribution in [3.05, 3.63) is 32.3 Å². The summed E-state index contributed by atoms with van der Waals surface area (Å²) in [6.45, 7) is 11.0. The van der Waals surface area contributed by atoms with Crippen LogP contribution in [0.5, 0.6) is 0 Å². The maximum absolute atomic E-state index is 11.4. The van der Waals surface area contributed by atoms with Gasteiger partial charge >= 0.3 is 5.95 Å². The fourth-order valence-corrected chi connectivity index (χ4v) is 2.84. The van der Waals surface area contributed by atoms with Crippen molar-refractivity contribution in [2.24, 2.45) is 10.4 Å². The van der Waals surface area contributed by atoms with Crippen molar-refractivity contribution in [2.75, 3.05) is 13.1 Å². The van der Waals surface area contributed by atoms with Crippen LogP contribution in [-0.4, -0.2) is 50.7 Å². The lowest BCUT2D eigenvalue weighted by atomic mass is 9.94. The van der Waals surface area contributed by atoms with Crippen molar-refractivity contribution in [1.82, 2.24) is 20.2 Å². The predicted molar refractivity (Wildman–Crippen MR) is 112 cm³/mol. The molecule has 2 atom stereocenters. The second-order valence-electron chi connectivity index (χ2n) is 8.40. The Labute approximate surface area is 171 Å². The van der Waals surface area contributed by atoms with Gasteiger partial charge in [-0.1, -0.05) is 21.8 Å². The van der Waals surface area contributed by atoms with Crippen LogP contribution in [0.4, 0.5) is 5.95 Å². The molecular weight excluding hydrogens is 378 g/mol. The highest BCUT2D eigenvalue weighted by atomic mass is 16.6. The standard InChI is InChI=1S/C18H33N7O4/c1-14(22-26)17(2,3)20-9-7-6-8-10-21-18(4,5)15(23-27)13-24-12-11-19-16(24)25(28)29/h11-12,14-15,20-21H,6-10,13H2,1-5H3. The van der Waals surface area contributed by atoms with Gasteiger partial charge in [-0.15, -0.1) is 0 Å². The minimum atomic E-state index is -0.685. The molecule has 11 heteroatoms. The smallest absolute Gasteiger partial charge is 0.390 e. The molecule has 0 aliphatic carbocycles. The SMILES string of the molecule is CC(N=O)C(C)(C)NCCCCCNC(C)(C)C(Cn1ccnc1[N+](=O)[O-])N=O. The quantitative estimate of drug-likeness (QED) is 0.195. The second-order valence-corrected chi connectivity index (χ2v) is 8.40. The molecule has 11 nitrogen and oxygen atoms in total. The molecule has 0 radical (unpaired) electrons. The molecule has 2 N–H and O–H groups in total. The Bertz CT molecular complexity index is 675. The molecule has 0 aliphatic rings. The van der Waals surface area contributed by atoms with Gasteiger partial charge in [0.1, 0.15) is 24.5 Å². The van der Waals surface area contributed by atoms with Crippen molar-refractivity contribution in [3.63, 3.8) is 0 Å². The molecule has 0 aromatic carbocycles. The first-order valence-corrected chi connectivity index (χ1v) is 9.85. The number of nitrogens with zero attached hydrogens (tertiary/aromatic N) is 5. The Balaban J connectivity index is 2.40. The van der Waals surface area contributed by atoms with Gasteiger partial charge in [-0.3, -0.25) is 0 Å². The van der Waals surface area contributed by atoms with E-state index < -0.39 is 16.5 Å². The van der Waals surface area contributed by atoms with Gasteiger partial charge in [-0.05, 0) is 65.5 Å². The predicted octanol–water partition coefficient (Wildman–Crippen LogP) is 2.99. The molecule has 0 aliphatic heterocycles. The van der Waals surface area contributed by atoms with Crippen LogP contribution in [0, 0.1) is 19.9 Å². The third-order valence-corrected chi connectivity index (χ3v) is 5.40. The molecule has 1 heterocycles. The number of unbranched alkanes of at least 4 members (excludes halogenated alkanes) is 2. The minimum absolute atomic E-state index is 0.0851. The molecule has 0 spiro atoms. The van der Waals surface area contributed by atoms with E-state index in [-0.39, 0.29) is 24.1 Å². The fourth-order valence-electron chi connectivity index (χ4n) is 2.84. The number of imidazole rings is 1. The first-order valence-electron chi connectivity index (χ1n) is 9.85. The third-order valence-electron chi connectivity index (χ3n) is 5.40. The Hall–Kier alpha value is -2.27. The average molecular weight is 412 g/mol. The maximum Gasteiger partial charge on any atom is 0.434 e. The van der Waals surface area contributed by atoms with E-state index in [1.165, 1.54) is 17.0 Å². The number of hydrogen-bond acceptors (Lipinski definition) is 9. The Kier molecular flexibility index (Phi) is 9.44. The van der Waals surface area contributed by atoms with Gasteiger partial charge in [-0.2, -0.15) is 9.81 Å². The topological polar surface area (TPSA) is 144 Å². The van der Waals surface area contributed by atoms with E-state index in [9.17, 15) is 19.9 Å². The van der Waals surface area contributed by atoms with Gasteiger partial charge in [0, 0.05) is 11.1 Å². The highest BCUT2D eigenvalue weighted by Gasteiger charge is 2.33. The summed E-state index contributed by atoms with van der Waals surface area (Å²) in [6.07, 6.45) is 5.64. The zero-order valence-electron chi connectivity index (χ0n) is 17.9. The highest BCUT2D eigenvalue weighted by molar-refractivity contribution is 5.08. The lowest BCUT2D eigenvalue weighted by molar-refractivity contribution is -0.396. The highest BCUT2D eigenvalue weighted by Crippen LogP contribution is 2.18. The van der Waals surface area contributed by atoms with Gasteiger partial charge < -0.3 is 20.7 Å². The first-order chi connectivity index (χ1) is 13.5. The van der Waals surface area contributed by atoms with Gasteiger partial charge in [0.05, 0.1) is 6.54 Å². The van der Waals surface area contributed by atoms with Crippen LogP contribution in [0.2, 0.25) is 0 Å². The summed E-state index contributed by atoms with van der Waals surface area (Å²) in [5.41, 5.74) is -0.952. The molecule has 0 saturated carbocycles. The summed E-state index contributed by atoms with van der Waals surface area (Å²) in [5.74, 6) is -0.302. The maximum atomic E-state index is 11.4. The Morgan fingerprint density at radius 1 is 1.10 bits per heavy atom. The first kappa shape index (κ1) is 24.8. The number of nitrogens with one attached hydrogen (secondary N) is 2. The number of rotatable bonds is 15. The lowest BCUT2D eigenvalue weighted by Crippen LogP contribution is -2.50. The number of nitroso groups, excluding NO2 is 2. The molecular formula is C18H33N7O4. The van der Waals surface area contributed by atoms with Crippen molar-refractivity contribution in [2.45, 2.75) is 83.6 Å². The van der Waals surface area contributed by atoms with Crippen molar-refractivity contribution in [3.8, 4) is 0 Å². The molecule has 1 aromatic rings. The lowest BCUT2D eigenvalue weighted by Gasteiger charge is -2.30. The molecule has 1 aromatic heterocycles. The van der Waals surface area contributed by atoms with E-state index in [2.05, 4.69) is 26.0 Å². The third kappa shape index (κ3) is 7.58. The summed E-state index contributed by atoms with van der Waals surface area (Å²) in [6, 6.07) is -0.987. The monoisotopic (exact) mass is 411 g/mol. The largest absolute Gasteiger partial charge is 0.434 e. The number of aromatic nitrogens is 2. The average Bonchev–Trinajstić information content (AvgIpc) is 3.12. The van der Waals surface area contributed by atoms with Crippen LogP contribution in [-0.2, 0) is 6.54 Å². The Morgan fingerprint density at radius 2 is 1.69 bits per heavy atom. The summed E-state index contributed by atoms with van der Waals surface area (Å²) < 4.78 is 1.33. The summed E-state index contributed by atoms with van der Waals surface area (Å²) in [4.78, 5) is 36.2. The van der Waals surface area contributed by atoms with Crippen LogP contribution in [0.1, 0.15) is 53.9 Å². The molecule has 0 bridgehead atoms. The van der Waals surface area contributed by atoms with Crippen molar-refractivity contribution in [1.29, 1.82) is 0 Å². The van der Waals surface area contributed by atoms with Gasteiger partial charge in [-0.25, -0.2) is 4.57 Å². The van der Waals surface area contributed by atoms with Crippen LogP contribution in [0.15, 0.2) is 22.7 Å². The van der Waals surface area contributed by atoms with Crippen molar-refractivity contribution >= 4 is 5.95 Å². The van der Waals surface area contributed by atoms with Gasteiger partial charge in [0.25, 0.3) is 0 Å². The minimum Gasteiger partial charge on any atom is -0.390 e. The second kappa shape index (κ2) is 11.1. The summed E-state index contributed by atoms with van der Waals surface area (Å²) in [5, 5.41) is 23.9. The molecule has 1 rings (SSSR count). The van der Waals surface area contributed by atoms with Gasteiger partial charge in [0.15, 0.2) is 0 Å². The summed E-state index contributed by atoms with van der Waals surface area (Å²) in [7, 11) is 0. The van der Waals surface area contributed by atoms with E-state index in [1.54, 1.807) is 6.92 Å².